The molecule has 140 valence electrons. The molecule has 2 unspecified atom stereocenters. The van der Waals surface area contributed by atoms with Crippen LogP contribution in [-0.2, 0) is 24.8 Å². The van der Waals surface area contributed by atoms with Crippen LogP contribution in [0.3, 0.4) is 0 Å². The molecule has 0 amide bonds. The number of carbonyl (C=O) groups is 1. The summed E-state index contributed by atoms with van der Waals surface area (Å²) in [7, 11) is -6.30. The van der Waals surface area contributed by atoms with E-state index in [0.29, 0.717) is 12.0 Å². The van der Waals surface area contributed by atoms with Gasteiger partial charge in [-0.05, 0) is 50.1 Å². The van der Waals surface area contributed by atoms with Crippen LogP contribution in [-0.4, -0.2) is 52.4 Å². The Morgan fingerprint density at radius 2 is 1.88 bits per heavy atom. The summed E-state index contributed by atoms with van der Waals surface area (Å²) in [6.45, 7) is 3.48. The molecule has 8 nitrogen and oxygen atoms in total. The summed E-state index contributed by atoms with van der Waals surface area (Å²) in [5.74, 6) is -1.84. The first-order valence-electron chi connectivity index (χ1n) is 7.76. The maximum atomic E-state index is 12.9. The van der Waals surface area contributed by atoms with E-state index in [-0.39, 0.29) is 28.8 Å². The Morgan fingerprint density at radius 1 is 1.24 bits per heavy atom. The molecule has 0 radical (unpaired) electrons. The SMILES string of the molecule is CNS(=O)(=O)c1ccc(S(=O)(=O)N2CC(C)CC(C(=O)O)C2)cc1C. The molecule has 2 atom stereocenters. The van der Waals surface area contributed by atoms with Crippen molar-refractivity contribution in [3.63, 3.8) is 0 Å². The number of nitrogens with zero attached hydrogens (tertiary/aromatic N) is 1. The fourth-order valence-corrected chi connectivity index (χ4v) is 5.66. The second-order valence-corrected chi connectivity index (χ2v) is 10.1. The van der Waals surface area contributed by atoms with E-state index in [1.165, 1.54) is 36.5 Å². The lowest BCUT2D eigenvalue weighted by molar-refractivity contribution is -0.143. The second kappa shape index (κ2) is 7.02. The predicted octanol–water partition coefficient (Wildman–Crippen LogP) is 0.634. The van der Waals surface area contributed by atoms with Gasteiger partial charge in [0.2, 0.25) is 20.0 Å². The van der Waals surface area contributed by atoms with Crippen LogP contribution in [0.25, 0.3) is 0 Å². The highest BCUT2D eigenvalue weighted by molar-refractivity contribution is 7.89. The number of sulfonamides is 2. The highest BCUT2D eigenvalue weighted by atomic mass is 32.2. The lowest BCUT2D eigenvalue weighted by Gasteiger charge is -2.33. The lowest BCUT2D eigenvalue weighted by atomic mass is 9.92. The average molecular weight is 390 g/mol. The number of carboxylic acids is 1. The minimum atomic E-state index is -3.90. The summed E-state index contributed by atoms with van der Waals surface area (Å²) < 4.78 is 52.9. The van der Waals surface area contributed by atoms with Crippen molar-refractivity contribution < 1.29 is 26.7 Å². The number of aliphatic carboxylic acids is 1. The summed E-state index contributed by atoms with van der Waals surface area (Å²) in [5, 5.41) is 9.21. The molecular formula is C15H22N2O6S2. The van der Waals surface area contributed by atoms with E-state index in [9.17, 15) is 26.7 Å². The van der Waals surface area contributed by atoms with E-state index in [1.54, 1.807) is 0 Å². The molecule has 10 heteroatoms. The zero-order valence-corrected chi connectivity index (χ0v) is 15.9. The van der Waals surface area contributed by atoms with Crippen LogP contribution in [0.5, 0.6) is 0 Å². The molecule has 0 saturated carbocycles. The molecule has 1 aliphatic rings. The van der Waals surface area contributed by atoms with Crippen molar-refractivity contribution >= 4 is 26.0 Å². The third kappa shape index (κ3) is 4.02. The molecule has 2 N–H and O–H groups in total. The second-order valence-electron chi connectivity index (χ2n) is 6.33. The summed E-state index contributed by atoms with van der Waals surface area (Å²) in [5.41, 5.74) is 0.301. The first kappa shape index (κ1) is 19.8. The quantitative estimate of drug-likeness (QED) is 0.761. The minimum Gasteiger partial charge on any atom is -0.481 e. The lowest BCUT2D eigenvalue weighted by Crippen LogP contribution is -2.45. The normalized spacial score (nSPS) is 22.7. The van der Waals surface area contributed by atoms with E-state index in [1.807, 2.05) is 6.92 Å². The number of nitrogens with one attached hydrogen (secondary N) is 1. The Hall–Kier alpha value is -1.49. The van der Waals surface area contributed by atoms with Crippen LogP contribution in [0.15, 0.2) is 28.0 Å². The van der Waals surface area contributed by atoms with E-state index < -0.39 is 31.9 Å². The highest BCUT2D eigenvalue weighted by Gasteiger charge is 2.36. The highest BCUT2D eigenvalue weighted by Crippen LogP contribution is 2.28. The number of aryl methyl sites for hydroxylation is 1. The third-order valence-corrected chi connectivity index (χ3v) is 7.72. The van der Waals surface area contributed by atoms with Gasteiger partial charge < -0.3 is 5.11 Å². The van der Waals surface area contributed by atoms with Crippen LogP contribution >= 0.6 is 0 Å². The molecule has 0 aromatic heterocycles. The molecule has 0 spiro atoms. The molecular weight excluding hydrogens is 368 g/mol. The molecule has 1 heterocycles. The number of carboxylic acid groups (broad SMARTS) is 1. The molecule has 1 saturated heterocycles. The fraction of sp³-hybridized carbons (Fsp3) is 0.533. The third-order valence-electron chi connectivity index (χ3n) is 4.32. The van der Waals surface area contributed by atoms with Crippen molar-refractivity contribution in [2.75, 3.05) is 20.1 Å². The van der Waals surface area contributed by atoms with Crippen molar-refractivity contribution in [3.05, 3.63) is 23.8 Å². The monoisotopic (exact) mass is 390 g/mol. The van der Waals surface area contributed by atoms with Crippen LogP contribution in [0.1, 0.15) is 18.9 Å². The van der Waals surface area contributed by atoms with Gasteiger partial charge in [0, 0.05) is 13.1 Å². The van der Waals surface area contributed by atoms with Gasteiger partial charge in [0.15, 0.2) is 0 Å². The van der Waals surface area contributed by atoms with Crippen molar-refractivity contribution in [2.24, 2.45) is 11.8 Å². The Bertz CT molecular complexity index is 879. The van der Waals surface area contributed by atoms with Gasteiger partial charge in [0.25, 0.3) is 0 Å². The fourth-order valence-electron chi connectivity index (χ4n) is 3.02. The van der Waals surface area contributed by atoms with Crippen molar-refractivity contribution in [1.82, 2.24) is 9.03 Å². The molecule has 1 aliphatic heterocycles. The maximum Gasteiger partial charge on any atom is 0.307 e. The first-order chi connectivity index (χ1) is 11.5. The Labute approximate surface area is 147 Å². The van der Waals surface area contributed by atoms with Crippen LogP contribution in [0.2, 0.25) is 0 Å². The molecule has 0 bridgehead atoms. The van der Waals surface area contributed by atoms with Crippen molar-refractivity contribution in [2.45, 2.75) is 30.1 Å². The Kier molecular flexibility index (Phi) is 5.57. The predicted molar refractivity (Wildman–Crippen MR) is 91.1 cm³/mol. The van der Waals surface area contributed by atoms with E-state index in [4.69, 9.17) is 0 Å². The molecule has 25 heavy (non-hydrogen) atoms. The average Bonchev–Trinajstić information content (AvgIpc) is 2.53. The zero-order chi connectivity index (χ0) is 19.0. The van der Waals surface area contributed by atoms with Gasteiger partial charge in [-0.2, -0.15) is 4.31 Å². The van der Waals surface area contributed by atoms with Gasteiger partial charge in [-0.3, -0.25) is 4.79 Å². The molecule has 1 aromatic rings. The van der Waals surface area contributed by atoms with Gasteiger partial charge in [-0.1, -0.05) is 6.92 Å². The van der Waals surface area contributed by atoms with Crippen LogP contribution < -0.4 is 4.72 Å². The Balaban J connectivity index is 2.40. The van der Waals surface area contributed by atoms with Crippen molar-refractivity contribution in [3.8, 4) is 0 Å². The summed E-state index contributed by atoms with van der Waals surface area (Å²) in [6.07, 6.45) is 0.430. The van der Waals surface area contributed by atoms with Gasteiger partial charge >= 0.3 is 5.97 Å². The van der Waals surface area contributed by atoms with E-state index >= 15 is 0 Å². The summed E-state index contributed by atoms with van der Waals surface area (Å²) in [6, 6.07) is 3.78. The molecule has 1 fully saturated rings. The number of benzene rings is 1. The summed E-state index contributed by atoms with van der Waals surface area (Å²) in [4.78, 5) is 11.2. The number of rotatable bonds is 5. The van der Waals surface area contributed by atoms with Crippen LogP contribution in [0.4, 0.5) is 0 Å². The van der Waals surface area contributed by atoms with Gasteiger partial charge in [-0.25, -0.2) is 21.6 Å². The van der Waals surface area contributed by atoms with Gasteiger partial charge in [-0.15, -0.1) is 0 Å². The van der Waals surface area contributed by atoms with E-state index in [0.717, 1.165) is 0 Å². The van der Waals surface area contributed by atoms with Gasteiger partial charge in [0.05, 0.1) is 15.7 Å². The summed E-state index contributed by atoms with van der Waals surface area (Å²) >= 11 is 0. The first-order valence-corrected chi connectivity index (χ1v) is 10.7. The topological polar surface area (TPSA) is 121 Å². The largest absolute Gasteiger partial charge is 0.481 e. The molecule has 0 aliphatic carbocycles. The zero-order valence-electron chi connectivity index (χ0n) is 14.3. The van der Waals surface area contributed by atoms with Gasteiger partial charge in [0.1, 0.15) is 0 Å². The number of piperidine rings is 1. The standard InChI is InChI=1S/C15H22N2O6S2/c1-10-6-12(15(18)19)9-17(8-10)25(22,23)13-4-5-14(11(2)7-13)24(20,21)16-3/h4-5,7,10,12,16H,6,8-9H2,1-3H3,(H,18,19). The molecule has 1 aromatic carbocycles. The smallest absolute Gasteiger partial charge is 0.307 e. The minimum absolute atomic E-state index is 0.00405. The maximum absolute atomic E-state index is 12.9. The van der Waals surface area contributed by atoms with Crippen LogP contribution in [0, 0.1) is 18.8 Å². The van der Waals surface area contributed by atoms with Crippen molar-refractivity contribution in [1.29, 1.82) is 0 Å². The number of hydrogen-bond acceptors (Lipinski definition) is 5. The Morgan fingerprint density at radius 3 is 2.40 bits per heavy atom. The van der Waals surface area contributed by atoms with E-state index in [2.05, 4.69) is 4.72 Å². The number of hydrogen-bond donors (Lipinski definition) is 2. The molecule has 2 rings (SSSR count).